The van der Waals surface area contributed by atoms with E-state index in [1.54, 1.807) is 19.2 Å². The lowest BCUT2D eigenvalue weighted by Crippen LogP contribution is -2.31. The average Bonchev–Trinajstić information content (AvgIpc) is 2.59. The SMILES string of the molecule is COc1cc(B(O)O)ccc1N(C)C(=O)CCc1ccccc1. The summed E-state index contributed by atoms with van der Waals surface area (Å²) in [4.78, 5) is 13.9. The van der Waals surface area contributed by atoms with Gasteiger partial charge in [-0.15, -0.1) is 0 Å². The maximum atomic E-state index is 12.4. The summed E-state index contributed by atoms with van der Waals surface area (Å²) in [6.07, 6.45) is 1.05. The Morgan fingerprint density at radius 2 is 1.87 bits per heavy atom. The van der Waals surface area contributed by atoms with E-state index >= 15 is 0 Å². The molecule has 23 heavy (non-hydrogen) atoms. The molecular weight excluding hydrogens is 293 g/mol. The lowest BCUT2D eigenvalue weighted by atomic mass is 9.80. The van der Waals surface area contributed by atoms with Crippen LogP contribution in [0.25, 0.3) is 0 Å². The van der Waals surface area contributed by atoms with E-state index in [0.717, 1.165) is 5.56 Å². The largest absolute Gasteiger partial charge is 0.495 e. The number of hydrogen-bond acceptors (Lipinski definition) is 4. The molecule has 0 aliphatic heterocycles. The van der Waals surface area contributed by atoms with Crippen LogP contribution in [0.1, 0.15) is 12.0 Å². The van der Waals surface area contributed by atoms with Crippen molar-refractivity contribution in [1.29, 1.82) is 0 Å². The first-order valence-corrected chi connectivity index (χ1v) is 7.37. The minimum atomic E-state index is -1.57. The fraction of sp³-hybridized carbons (Fsp3) is 0.235. The van der Waals surface area contributed by atoms with E-state index in [1.165, 1.54) is 18.1 Å². The van der Waals surface area contributed by atoms with E-state index in [4.69, 9.17) is 4.74 Å². The molecule has 0 aromatic heterocycles. The van der Waals surface area contributed by atoms with Gasteiger partial charge in [0.05, 0.1) is 12.8 Å². The van der Waals surface area contributed by atoms with Crippen LogP contribution in [-0.4, -0.2) is 37.2 Å². The molecule has 2 N–H and O–H groups in total. The van der Waals surface area contributed by atoms with Crippen molar-refractivity contribution < 1.29 is 19.6 Å². The van der Waals surface area contributed by atoms with Gasteiger partial charge in [0, 0.05) is 13.5 Å². The predicted molar refractivity (Wildman–Crippen MR) is 91.0 cm³/mol. The van der Waals surface area contributed by atoms with Crippen LogP contribution < -0.4 is 15.1 Å². The minimum Gasteiger partial charge on any atom is -0.495 e. The summed E-state index contributed by atoms with van der Waals surface area (Å²) in [5, 5.41) is 18.4. The van der Waals surface area contributed by atoms with Gasteiger partial charge in [-0.3, -0.25) is 4.79 Å². The molecule has 2 aromatic carbocycles. The topological polar surface area (TPSA) is 70.0 Å². The Kier molecular flexibility index (Phi) is 5.79. The Balaban J connectivity index is 2.09. The molecular formula is C17H20BNO4. The first-order valence-electron chi connectivity index (χ1n) is 7.37. The summed E-state index contributed by atoms with van der Waals surface area (Å²) < 4.78 is 5.25. The molecule has 0 atom stereocenters. The standard InChI is InChI=1S/C17H20BNO4/c1-19(17(20)11-8-13-6-4-3-5-7-13)15-10-9-14(18(21)22)12-16(15)23-2/h3-7,9-10,12,21-22H,8,11H2,1-2H3. The van der Waals surface area contributed by atoms with E-state index in [2.05, 4.69) is 0 Å². The van der Waals surface area contributed by atoms with Gasteiger partial charge >= 0.3 is 7.12 Å². The van der Waals surface area contributed by atoms with Gasteiger partial charge in [0.2, 0.25) is 5.91 Å². The van der Waals surface area contributed by atoms with Crippen molar-refractivity contribution in [3.05, 3.63) is 54.1 Å². The number of carbonyl (C=O) groups excluding carboxylic acids is 1. The summed E-state index contributed by atoms with van der Waals surface area (Å²) in [5.41, 5.74) is 2.02. The third kappa shape index (κ3) is 4.34. The molecule has 0 radical (unpaired) electrons. The van der Waals surface area contributed by atoms with Crippen molar-refractivity contribution in [2.24, 2.45) is 0 Å². The lowest BCUT2D eigenvalue weighted by Gasteiger charge is -2.20. The van der Waals surface area contributed by atoms with Crippen molar-refractivity contribution in [3.8, 4) is 5.75 Å². The molecule has 6 heteroatoms. The highest BCUT2D eigenvalue weighted by atomic mass is 16.5. The first kappa shape index (κ1) is 17.1. The number of benzene rings is 2. The molecule has 0 spiro atoms. The van der Waals surface area contributed by atoms with Gasteiger partial charge in [0.1, 0.15) is 5.75 Å². The van der Waals surface area contributed by atoms with E-state index < -0.39 is 7.12 Å². The average molecular weight is 313 g/mol. The second-order valence-corrected chi connectivity index (χ2v) is 5.24. The van der Waals surface area contributed by atoms with Crippen LogP contribution in [0.3, 0.4) is 0 Å². The Morgan fingerprint density at radius 3 is 2.48 bits per heavy atom. The van der Waals surface area contributed by atoms with Gasteiger partial charge in [-0.2, -0.15) is 0 Å². The number of ether oxygens (including phenoxy) is 1. The van der Waals surface area contributed by atoms with Crippen LogP contribution in [0, 0.1) is 0 Å². The second kappa shape index (κ2) is 7.81. The highest BCUT2D eigenvalue weighted by Crippen LogP contribution is 2.26. The van der Waals surface area contributed by atoms with Crippen molar-refractivity contribution in [2.45, 2.75) is 12.8 Å². The number of carbonyl (C=O) groups is 1. The van der Waals surface area contributed by atoms with Gasteiger partial charge in [0.15, 0.2) is 0 Å². The molecule has 0 saturated heterocycles. The molecule has 120 valence electrons. The van der Waals surface area contributed by atoms with Crippen LogP contribution in [0.5, 0.6) is 5.75 Å². The Hall–Kier alpha value is -2.31. The number of rotatable bonds is 6. The van der Waals surface area contributed by atoms with Gasteiger partial charge in [-0.25, -0.2) is 0 Å². The van der Waals surface area contributed by atoms with Crippen LogP contribution in [0.15, 0.2) is 48.5 Å². The molecule has 0 bridgehead atoms. The van der Waals surface area contributed by atoms with Gasteiger partial charge in [-0.05, 0) is 29.6 Å². The van der Waals surface area contributed by atoms with Gasteiger partial charge < -0.3 is 19.7 Å². The van der Waals surface area contributed by atoms with Gasteiger partial charge in [-0.1, -0.05) is 36.4 Å². The molecule has 2 rings (SSSR count). The molecule has 0 unspecified atom stereocenters. The number of amides is 1. The first-order chi connectivity index (χ1) is 11.0. The molecule has 5 nitrogen and oxygen atoms in total. The van der Waals surface area contributed by atoms with E-state index in [9.17, 15) is 14.8 Å². The molecule has 0 aliphatic rings. The summed E-state index contributed by atoms with van der Waals surface area (Å²) in [5.74, 6) is 0.385. The third-order valence-electron chi connectivity index (χ3n) is 3.71. The van der Waals surface area contributed by atoms with Crippen molar-refractivity contribution >= 4 is 24.2 Å². The zero-order valence-electron chi connectivity index (χ0n) is 13.3. The monoisotopic (exact) mass is 313 g/mol. The normalized spacial score (nSPS) is 10.3. The fourth-order valence-corrected chi connectivity index (χ4v) is 2.33. The highest BCUT2D eigenvalue weighted by molar-refractivity contribution is 6.58. The zero-order valence-corrected chi connectivity index (χ0v) is 13.3. The summed E-state index contributed by atoms with van der Waals surface area (Å²) in [7, 11) is 1.59. The number of anilines is 1. The summed E-state index contributed by atoms with van der Waals surface area (Å²) in [6.45, 7) is 0. The Morgan fingerprint density at radius 1 is 1.17 bits per heavy atom. The van der Waals surface area contributed by atoms with Crippen LogP contribution in [0.2, 0.25) is 0 Å². The predicted octanol–water partition coefficient (Wildman–Crippen LogP) is 0.971. The molecule has 0 saturated carbocycles. The minimum absolute atomic E-state index is 0.0375. The maximum Gasteiger partial charge on any atom is 0.488 e. The van der Waals surface area contributed by atoms with Crippen LogP contribution >= 0.6 is 0 Å². The molecule has 2 aromatic rings. The van der Waals surface area contributed by atoms with Crippen molar-refractivity contribution in [3.63, 3.8) is 0 Å². The Labute approximate surface area is 136 Å². The van der Waals surface area contributed by atoms with Crippen molar-refractivity contribution in [1.82, 2.24) is 0 Å². The molecule has 0 heterocycles. The molecule has 1 amide bonds. The molecule has 0 fully saturated rings. The van der Waals surface area contributed by atoms with Crippen LogP contribution in [0.4, 0.5) is 5.69 Å². The highest BCUT2D eigenvalue weighted by Gasteiger charge is 2.18. The quantitative estimate of drug-likeness (QED) is 0.780. The number of hydrogen-bond donors (Lipinski definition) is 2. The third-order valence-corrected chi connectivity index (χ3v) is 3.71. The Bertz CT molecular complexity index is 661. The number of methoxy groups -OCH3 is 1. The van der Waals surface area contributed by atoms with Crippen LogP contribution in [-0.2, 0) is 11.2 Å². The molecule has 0 aliphatic carbocycles. The van der Waals surface area contributed by atoms with E-state index in [0.29, 0.717) is 29.7 Å². The lowest BCUT2D eigenvalue weighted by molar-refractivity contribution is -0.118. The van der Waals surface area contributed by atoms with E-state index in [-0.39, 0.29) is 5.91 Å². The number of aryl methyl sites for hydroxylation is 1. The number of nitrogens with zero attached hydrogens (tertiary/aromatic N) is 1. The fourth-order valence-electron chi connectivity index (χ4n) is 2.33. The van der Waals surface area contributed by atoms with E-state index in [1.807, 2.05) is 30.3 Å². The van der Waals surface area contributed by atoms with Crippen molar-refractivity contribution in [2.75, 3.05) is 19.1 Å². The maximum absolute atomic E-state index is 12.4. The second-order valence-electron chi connectivity index (χ2n) is 5.24. The summed E-state index contributed by atoms with van der Waals surface area (Å²) in [6, 6.07) is 14.5. The summed E-state index contributed by atoms with van der Waals surface area (Å²) >= 11 is 0. The zero-order chi connectivity index (χ0) is 16.8. The van der Waals surface area contributed by atoms with Gasteiger partial charge in [0.25, 0.3) is 0 Å². The smallest absolute Gasteiger partial charge is 0.488 e.